The summed E-state index contributed by atoms with van der Waals surface area (Å²) in [7, 11) is 0. The fourth-order valence-electron chi connectivity index (χ4n) is 1.79. The molecule has 0 spiro atoms. The molecule has 0 saturated heterocycles. The van der Waals surface area contributed by atoms with Crippen molar-refractivity contribution in [2.45, 2.75) is 25.8 Å². The summed E-state index contributed by atoms with van der Waals surface area (Å²) >= 11 is 0. The smallest absolute Gasteiger partial charge is 0.117 e. The van der Waals surface area contributed by atoms with Crippen molar-refractivity contribution in [2.24, 2.45) is 5.41 Å². The average molecular weight is 195 g/mol. The van der Waals surface area contributed by atoms with Crippen LogP contribution >= 0.6 is 0 Å². The number of hydrogen-bond acceptors (Lipinski definition) is 3. The van der Waals surface area contributed by atoms with Crippen LogP contribution in [0.5, 0.6) is 0 Å². The van der Waals surface area contributed by atoms with Crippen LogP contribution in [0.2, 0.25) is 0 Å². The Labute approximate surface area is 84.1 Å². The van der Waals surface area contributed by atoms with Crippen molar-refractivity contribution in [1.82, 2.24) is 5.32 Å². The monoisotopic (exact) mass is 195 g/mol. The van der Waals surface area contributed by atoms with E-state index < -0.39 is 0 Å². The summed E-state index contributed by atoms with van der Waals surface area (Å²) in [5, 5.41) is 12.2. The lowest BCUT2D eigenvalue weighted by atomic mass is 10.0. The second-order valence-corrected chi connectivity index (χ2v) is 4.16. The summed E-state index contributed by atoms with van der Waals surface area (Å²) in [5.41, 5.74) is 0.390. The molecule has 2 N–H and O–H groups in total. The molecule has 3 heteroatoms. The third-order valence-corrected chi connectivity index (χ3v) is 2.98. The predicted molar refractivity (Wildman–Crippen MR) is 53.8 cm³/mol. The molecule has 1 fully saturated rings. The molecule has 1 aliphatic rings. The second kappa shape index (κ2) is 4.15. The highest BCUT2D eigenvalue weighted by Gasteiger charge is 2.41. The molecule has 14 heavy (non-hydrogen) atoms. The van der Waals surface area contributed by atoms with Crippen molar-refractivity contribution >= 4 is 0 Å². The number of hydrogen-bond donors (Lipinski definition) is 2. The van der Waals surface area contributed by atoms with Crippen LogP contribution in [0.3, 0.4) is 0 Å². The molecule has 1 aliphatic carbocycles. The highest BCUT2D eigenvalue weighted by Crippen LogP contribution is 2.47. The largest absolute Gasteiger partial charge is 0.468 e. The Morgan fingerprint density at radius 2 is 2.36 bits per heavy atom. The molecule has 78 valence electrons. The molecule has 1 aromatic heterocycles. The molecular formula is C11H17NO2. The Bertz CT molecular complexity index is 265. The Balaban J connectivity index is 1.68. The zero-order valence-electron chi connectivity index (χ0n) is 8.33. The maximum absolute atomic E-state index is 8.88. The van der Waals surface area contributed by atoms with Crippen molar-refractivity contribution in [3.63, 3.8) is 0 Å². The zero-order valence-corrected chi connectivity index (χ0v) is 8.33. The van der Waals surface area contributed by atoms with Crippen LogP contribution in [0.15, 0.2) is 22.8 Å². The minimum absolute atomic E-state index is 0.308. The number of nitrogens with one attached hydrogen (secondary N) is 1. The molecule has 0 bridgehead atoms. The third kappa shape index (κ3) is 2.36. The van der Waals surface area contributed by atoms with E-state index in [1.54, 1.807) is 6.26 Å². The van der Waals surface area contributed by atoms with Gasteiger partial charge in [0.2, 0.25) is 0 Å². The summed E-state index contributed by atoms with van der Waals surface area (Å²) in [5.74, 6) is 0.977. The van der Waals surface area contributed by atoms with Gasteiger partial charge in [-0.05, 0) is 36.8 Å². The van der Waals surface area contributed by atoms with Crippen LogP contribution in [-0.2, 0) is 6.54 Å². The van der Waals surface area contributed by atoms with Crippen molar-refractivity contribution in [1.29, 1.82) is 0 Å². The molecule has 0 unspecified atom stereocenters. The lowest BCUT2D eigenvalue weighted by Crippen LogP contribution is -2.24. The van der Waals surface area contributed by atoms with Crippen LogP contribution in [0.4, 0.5) is 0 Å². The first-order valence-corrected chi connectivity index (χ1v) is 5.19. The van der Waals surface area contributed by atoms with E-state index in [1.807, 2.05) is 12.1 Å². The molecule has 1 aromatic rings. The molecule has 0 radical (unpaired) electrons. The molecule has 0 aromatic carbocycles. The van der Waals surface area contributed by atoms with Gasteiger partial charge in [0.25, 0.3) is 0 Å². The summed E-state index contributed by atoms with van der Waals surface area (Å²) in [6, 6.07) is 3.87. The van der Waals surface area contributed by atoms with E-state index in [1.165, 1.54) is 12.8 Å². The minimum Gasteiger partial charge on any atom is -0.468 e. The summed E-state index contributed by atoms with van der Waals surface area (Å²) < 4.78 is 5.22. The van der Waals surface area contributed by atoms with Gasteiger partial charge in [0.1, 0.15) is 5.76 Å². The van der Waals surface area contributed by atoms with Crippen LogP contribution in [0, 0.1) is 5.41 Å². The van der Waals surface area contributed by atoms with Crippen LogP contribution in [0.1, 0.15) is 25.0 Å². The first-order valence-electron chi connectivity index (χ1n) is 5.19. The second-order valence-electron chi connectivity index (χ2n) is 4.16. The standard InChI is InChI=1S/C11H17NO2/c13-6-5-11(3-4-11)9-12-8-10-2-1-7-14-10/h1-2,7,12-13H,3-6,8-9H2. The topological polar surface area (TPSA) is 45.4 Å². The summed E-state index contributed by atoms with van der Waals surface area (Å²) in [4.78, 5) is 0. The predicted octanol–water partition coefficient (Wildman–Crippen LogP) is 1.53. The minimum atomic E-state index is 0.308. The van der Waals surface area contributed by atoms with Crippen LogP contribution in [0.25, 0.3) is 0 Å². The number of aliphatic hydroxyl groups excluding tert-OH is 1. The first kappa shape index (κ1) is 9.74. The van der Waals surface area contributed by atoms with E-state index in [9.17, 15) is 0 Å². The maximum atomic E-state index is 8.88. The first-order chi connectivity index (χ1) is 6.85. The Hall–Kier alpha value is -0.800. The summed E-state index contributed by atoms with van der Waals surface area (Å²) in [6.07, 6.45) is 5.12. The van der Waals surface area contributed by atoms with E-state index >= 15 is 0 Å². The average Bonchev–Trinajstić information content (AvgIpc) is 2.75. The molecular weight excluding hydrogens is 178 g/mol. The van der Waals surface area contributed by atoms with Gasteiger partial charge in [0.05, 0.1) is 12.8 Å². The normalized spacial score (nSPS) is 18.4. The SMILES string of the molecule is OCCC1(CNCc2ccco2)CC1. The fourth-order valence-corrected chi connectivity index (χ4v) is 1.79. The number of aliphatic hydroxyl groups is 1. The number of furan rings is 1. The molecule has 0 aliphatic heterocycles. The maximum Gasteiger partial charge on any atom is 0.117 e. The zero-order chi connectivity index (χ0) is 9.86. The quantitative estimate of drug-likeness (QED) is 0.723. The number of rotatable bonds is 6. The van der Waals surface area contributed by atoms with Gasteiger partial charge in [0, 0.05) is 13.2 Å². The molecule has 0 atom stereocenters. The lowest BCUT2D eigenvalue weighted by Gasteiger charge is -2.13. The van der Waals surface area contributed by atoms with Crippen LogP contribution < -0.4 is 5.32 Å². The Morgan fingerprint density at radius 3 is 2.93 bits per heavy atom. The van der Waals surface area contributed by atoms with Gasteiger partial charge in [-0.2, -0.15) is 0 Å². The van der Waals surface area contributed by atoms with Gasteiger partial charge >= 0.3 is 0 Å². The molecule has 2 rings (SSSR count). The van der Waals surface area contributed by atoms with Crippen molar-refractivity contribution in [3.05, 3.63) is 24.2 Å². The van der Waals surface area contributed by atoms with Gasteiger partial charge < -0.3 is 14.8 Å². The van der Waals surface area contributed by atoms with Crippen molar-refractivity contribution < 1.29 is 9.52 Å². The molecule has 1 heterocycles. The van der Waals surface area contributed by atoms with Crippen LogP contribution in [-0.4, -0.2) is 18.3 Å². The van der Waals surface area contributed by atoms with E-state index in [0.717, 1.165) is 25.3 Å². The van der Waals surface area contributed by atoms with Crippen molar-refractivity contribution in [3.8, 4) is 0 Å². The highest BCUT2D eigenvalue weighted by atomic mass is 16.3. The fraction of sp³-hybridized carbons (Fsp3) is 0.636. The van der Waals surface area contributed by atoms with E-state index in [0.29, 0.717) is 12.0 Å². The van der Waals surface area contributed by atoms with Gasteiger partial charge in [0.15, 0.2) is 0 Å². The Kier molecular flexibility index (Phi) is 2.89. The molecule has 3 nitrogen and oxygen atoms in total. The molecule has 0 amide bonds. The van der Waals surface area contributed by atoms with Gasteiger partial charge in [-0.15, -0.1) is 0 Å². The highest BCUT2D eigenvalue weighted by molar-refractivity contribution is 4.99. The van der Waals surface area contributed by atoms with Gasteiger partial charge in [-0.3, -0.25) is 0 Å². The third-order valence-electron chi connectivity index (χ3n) is 2.98. The lowest BCUT2D eigenvalue weighted by molar-refractivity contribution is 0.244. The van der Waals surface area contributed by atoms with Gasteiger partial charge in [-0.25, -0.2) is 0 Å². The van der Waals surface area contributed by atoms with E-state index in [2.05, 4.69) is 5.32 Å². The van der Waals surface area contributed by atoms with Crippen molar-refractivity contribution in [2.75, 3.05) is 13.2 Å². The Morgan fingerprint density at radius 1 is 1.50 bits per heavy atom. The van der Waals surface area contributed by atoms with E-state index in [4.69, 9.17) is 9.52 Å². The van der Waals surface area contributed by atoms with Gasteiger partial charge in [-0.1, -0.05) is 0 Å². The van der Waals surface area contributed by atoms with E-state index in [-0.39, 0.29) is 0 Å². The summed E-state index contributed by atoms with van der Waals surface area (Å²) in [6.45, 7) is 2.09. The molecule has 1 saturated carbocycles.